The summed E-state index contributed by atoms with van der Waals surface area (Å²) in [7, 11) is 1.60. The van der Waals surface area contributed by atoms with Gasteiger partial charge in [-0.3, -0.25) is 19.7 Å². The molecule has 0 saturated carbocycles. The average molecular weight is 438 g/mol. The van der Waals surface area contributed by atoms with Gasteiger partial charge in [0, 0.05) is 24.8 Å². The maximum atomic E-state index is 12.6. The Kier molecular flexibility index (Phi) is 6.21. The van der Waals surface area contributed by atoms with Gasteiger partial charge in [-0.25, -0.2) is 0 Å². The summed E-state index contributed by atoms with van der Waals surface area (Å²) < 4.78 is 0.774. The molecule has 0 atom stereocenters. The number of Topliss-reactive ketones (excluding diaryl/α,β-unsaturated/α-hetero) is 1. The van der Waals surface area contributed by atoms with Gasteiger partial charge in [-0.05, 0) is 28.7 Å². The van der Waals surface area contributed by atoms with Crippen LogP contribution < -0.4 is 20.1 Å². The third kappa shape index (κ3) is 5.16. The van der Waals surface area contributed by atoms with E-state index in [4.69, 9.17) is 0 Å². The number of thiazole rings is 1. The van der Waals surface area contributed by atoms with Crippen LogP contribution in [0.4, 0.5) is 11.4 Å². The molecule has 31 heavy (non-hydrogen) atoms. The lowest BCUT2D eigenvalue weighted by molar-refractivity contribution is -0.384. The summed E-state index contributed by atoms with van der Waals surface area (Å²) in [5, 5.41) is 14.0. The van der Waals surface area contributed by atoms with Crippen molar-refractivity contribution < 1.29 is 9.72 Å². The second-order valence-electron chi connectivity index (χ2n) is 8.05. The van der Waals surface area contributed by atoms with Crippen molar-refractivity contribution in [3.05, 3.63) is 88.8 Å². The molecule has 0 aliphatic carbocycles. The number of carbonyl (C=O) groups excluding carboxylic acids is 1. The summed E-state index contributed by atoms with van der Waals surface area (Å²) in [5.74, 6) is -0.210. The summed E-state index contributed by atoms with van der Waals surface area (Å²) in [4.78, 5) is 38.3. The van der Waals surface area contributed by atoms with Gasteiger partial charge in [0.15, 0.2) is 5.78 Å². The van der Waals surface area contributed by atoms with Crippen molar-refractivity contribution in [3.63, 3.8) is 0 Å². The molecule has 0 aliphatic rings. The summed E-state index contributed by atoms with van der Waals surface area (Å²) >= 11 is 1.12. The zero-order valence-corrected chi connectivity index (χ0v) is 18.5. The average Bonchev–Trinajstić information content (AvgIpc) is 3.05. The first-order valence-corrected chi connectivity index (χ1v) is 10.4. The predicted molar refractivity (Wildman–Crippen MR) is 124 cm³/mol. The van der Waals surface area contributed by atoms with Gasteiger partial charge in [-0.2, -0.15) is 0 Å². The van der Waals surface area contributed by atoms with Crippen LogP contribution in [0.15, 0.2) is 47.3 Å². The molecule has 0 saturated heterocycles. The van der Waals surface area contributed by atoms with Crippen LogP contribution in [0.2, 0.25) is 0 Å². The Balaban J connectivity index is 1.94. The lowest BCUT2D eigenvalue weighted by Gasteiger charge is -2.18. The van der Waals surface area contributed by atoms with Crippen LogP contribution in [0.1, 0.15) is 42.3 Å². The number of anilines is 1. The highest BCUT2D eigenvalue weighted by Gasteiger charge is 2.14. The van der Waals surface area contributed by atoms with Gasteiger partial charge >= 0.3 is 0 Å². The van der Waals surface area contributed by atoms with Crippen LogP contribution in [0.25, 0.3) is 12.2 Å². The van der Waals surface area contributed by atoms with Crippen LogP contribution in [0.3, 0.4) is 0 Å². The molecule has 1 aromatic heterocycles. The molecular weight excluding hydrogens is 414 g/mol. The number of carbonyl (C=O) groups is 1. The molecule has 0 amide bonds. The monoisotopic (exact) mass is 437 g/mol. The van der Waals surface area contributed by atoms with E-state index in [0.29, 0.717) is 26.0 Å². The van der Waals surface area contributed by atoms with Gasteiger partial charge in [-0.1, -0.05) is 51.1 Å². The fourth-order valence-electron chi connectivity index (χ4n) is 3.01. The van der Waals surface area contributed by atoms with E-state index in [1.807, 2.05) is 12.1 Å². The van der Waals surface area contributed by atoms with Crippen LogP contribution in [0, 0.1) is 10.1 Å². The number of H-pyrrole nitrogens is 1. The molecule has 2 aromatic carbocycles. The minimum absolute atomic E-state index is 0.00448. The van der Waals surface area contributed by atoms with Crippen LogP contribution in [-0.4, -0.2) is 22.7 Å². The first-order chi connectivity index (χ1) is 14.6. The Bertz CT molecular complexity index is 1310. The maximum absolute atomic E-state index is 12.6. The molecule has 3 aromatic rings. The highest BCUT2D eigenvalue weighted by molar-refractivity contribution is 7.07. The number of benzene rings is 2. The van der Waals surface area contributed by atoms with Crippen LogP contribution in [-0.2, 0) is 5.41 Å². The van der Waals surface area contributed by atoms with Crippen LogP contribution >= 0.6 is 11.3 Å². The number of aromatic amines is 1. The number of nitro groups is 1. The second kappa shape index (κ2) is 8.69. The standard InChI is InChI=1S/C23H23N3O4S/c1-23(2,3)16-8-6-15(7-9-16)19(27)13-21-25-22(28)20(31-21)12-14-5-10-17(24-4)18(11-14)26(29)30/h5-13,24H,1-4H3,(H,25,28)/b20-12-,21-13-. The zero-order chi connectivity index (χ0) is 22.8. The number of nitro benzene ring substituents is 1. The van der Waals surface area contributed by atoms with Crippen molar-refractivity contribution in [2.24, 2.45) is 0 Å². The lowest BCUT2D eigenvalue weighted by Crippen LogP contribution is -2.20. The van der Waals surface area contributed by atoms with E-state index in [0.717, 1.165) is 16.9 Å². The maximum Gasteiger partial charge on any atom is 0.292 e. The Morgan fingerprint density at radius 3 is 2.42 bits per heavy atom. The molecule has 1 heterocycles. The Morgan fingerprint density at radius 1 is 1.16 bits per heavy atom. The topological polar surface area (TPSA) is 105 Å². The predicted octanol–water partition coefficient (Wildman–Crippen LogP) is 3.18. The number of hydrogen-bond acceptors (Lipinski definition) is 6. The highest BCUT2D eigenvalue weighted by atomic mass is 32.1. The van der Waals surface area contributed by atoms with E-state index in [1.165, 1.54) is 12.1 Å². The minimum atomic E-state index is -0.482. The van der Waals surface area contributed by atoms with Gasteiger partial charge in [0.25, 0.3) is 11.2 Å². The minimum Gasteiger partial charge on any atom is -0.383 e. The van der Waals surface area contributed by atoms with E-state index in [1.54, 1.807) is 37.4 Å². The number of hydrogen-bond donors (Lipinski definition) is 2. The van der Waals surface area contributed by atoms with Crippen molar-refractivity contribution in [2.45, 2.75) is 26.2 Å². The van der Waals surface area contributed by atoms with Gasteiger partial charge in [0.2, 0.25) is 0 Å². The zero-order valence-electron chi connectivity index (χ0n) is 17.7. The normalized spacial score (nSPS) is 12.8. The molecule has 0 aliphatic heterocycles. The number of nitrogens with zero attached hydrogens (tertiary/aromatic N) is 1. The van der Waals surface area contributed by atoms with Gasteiger partial charge < -0.3 is 10.3 Å². The first-order valence-electron chi connectivity index (χ1n) is 9.62. The Labute approximate surface area is 182 Å². The van der Waals surface area contributed by atoms with Gasteiger partial charge in [0.05, 0.1) is 14.1 Å². The largest absolute Gasteiger partial charge is 0.383 e. The first kappa shape index (κ1) is 22.2. The summed E-state index contributed by atoms with van der Waals surface area (Å²) in [6.45, 7) is 6.31. The quantitative estimate of drug-likeness (QED) is 0.362. The Hall–Kier alpha value is -3.52. The van der Waals surface area contributed by atoms with E-state index >= 15 is 0 Å². The highest BCUT2D eigenvalue weighted by Crippen LogP contribution is 2.25. The number of aromatic nitrogens is 1. The number of nitrogens with one attached hydrogen (secondary N) is 2. The van der Waals surface area contributed by atoms with Crippen LogP contribution in [0.5, 0.6) is 0 Å². The molecule has 7 nitrogen and oxygen atoms in total. The van der Waals surface area contributed by atoms with E-state index in [9.17, 15) is 19.7 Å². The van der Waals surface area contributed by atoms with E-state index in [-0.39, 0.29) is 22.4 Å². The molecule has 0 fully saturated rings. The van der Waals surface area contributed by atoms with Gasteiger partial charge in [-0.15, -0.1) is 11.3 Å². The molecule has 0 bridgehead atoms. The molecular formula is C23H23N3O4S. The molecule has 2 N–H and O–H groups in total. The summed E-state index contributed by atoms with van der Waals surface area (Å²) in [5.41, 5.74) is 2.13. The fourth-order valence-corrected chi connectivity index (χ4v) is 3.90. The van der Waals surface area contributed by atoms with Crippen molar-refractivity contribution in [3.8, 4) is 0 Å². The van der Waals surface area contributed by atoms with Crippen molar-refractivity contribution in [1.82, 2.24) is 4.98 Å². The summed E-state index contributed by atoms with van der Waals surface area (Å²) in [6, 6.07) is 12.1. The number of rotatable bonds is 5. The smallest absolute Gasteiger partial charge is 0.292 e. The fraction of sp³-hybridized carbons (Fsp3) is 0.217. The molecule has 0 radical (unpaired) electrons. The van der Waals surface area contributed by atoms with Gasteiger partial charge in [0.1, 0.15) is 5.69 Å². The molecule has 8 heteroatoms. The third-order valence-corrected chi connectivity index (χ3v) is 5.73. The molecule has 0 unspecified atom stereocenters. The SMILES string of the molecule is CNc1ccc(/C=c2\s/c(=C\C(=O)c3ccc(C(C)(C)C)cc3)[nH]c2=O)cc1[N+](=O)[O-]. The molecule has 3 rings (SSSR count). The van der Waals surface area contributed by atoms with E-state index in [2.05, 4.69) is 31.1 Å². The third-order valence-electron chi connectivity index (χ3n) is 4.76. The Morgan fingerprint density at radius 2 is 1.84 bits per heavy atom. The molecule has 160 valence electrons. The summed E-state index contributed by atoms with van der Waals surface area (Å²) in [6.07, 6.45) is 2.96. The van der Waals surface area contributed by atoms with Crippen molar-refractivity contribution >= 4 is 40.6 Å². The van der Waals surface area contributed by atoms with E-state index < -0.39 is 4.92 Å². The number of ketones is 1. The van der Waals surface area contributed by atoms with Crippen molar-refractivity contribution in [1.29, 1.82) is 0 Å². The second-order valence-corrected chi connectivity index (χ2v) is 9.13. The van der Waals surface area contributed by atoms with Crippen molar-refractivity contribution in [2.75, 3.05) is 12.4 Å². The lowest BCUT2D eigenvalue weighted by atomic mass is 9.86. The molecule has 0 spiro atoms.